The highest BCUT2D eigenvalue weighted by molar-refractivity contribution is 5.74. The van der Waals surface area contributed by atoms with Crippen molar-refractivity contribution in [2.45, 2.75) is 13.0 Å². The molecule has 1 aromatic heterocycles. The number of phenolic OH excluding ortho intramolecular Hbond substituents is 1. The Kier molecular flexibility index (Phi) is 3.99. The first-order valence-electron chi connectivity index (χ1n) is 7.13. The quantitative estimate of drug-likeness (QED) is 0.879. The van der Waals surface area contributed by atoms with E-state index in [9.17, 15) is 13.9 Å². The molecule has 23 heavy (non-hydrogen) atoms. The molecule has 122 valence electrons. The maximum Gasteiger partial charge on any atom is 0.169 e. The number of morpholine rings is 1. The summed E-state index contributed by atoms with van der Waals surface area (Å²) in [5, 5.41) is 17.5. The predicted molar refractivity (Wildman–Crippen MR) is 81.1 cm³/mol. The number of halogens is 2. The molecule has 1 atom stereocenters. The second-order valence-corrected chi connectivity index (χ2v) is 5.40. The molecule has 1 fully saturated rings. The van der Waals surface area contributed by atoms with Crippen LogP contribution in [0.1, 0.15) is 6.92 Å². The molecule has 6 nitrogen and oxygen atoms in total. The molecule has 1 unspecified atom stereocenters. The van der Waals surface area contributed by atoms with E-state index in [0.717, 1.165) is 6.07 Å². The smallest absolute Gasteiger partial charge is 0.169 e. The van der Waals surface area contributed by atoms with Gasteiger partial charge in [-0.25, -0.2) is 8.78 Å². The predicted octanol–water partition coefficient (Wildman–Crippen LogP) is 1.93. The maximum atomic E-state index is 13.5. The molecule has 1 aromatic carbocycles. The van der Waals surface area contributed by atoms with Gasteiger partial charge in [0.1, 0.15) is 5.82 Å². The standard InChI is InChI=1S/C15H16F2N4O2/c1-8-7-23-3-2-21(8)13-6-12(19-20-15(13)18)10-4-9(16)5-11(17)14(10)22/h4-6,8,22H,2-3,7H2,1H3,(H2,18,20). The molecule has 8 heteroatoms. The lowest BCUT2D eigenvalue weighted by Gasteiger charge is -2.35. The van der Waals surface area contributed by atoms with Crippen LogP contribution in [0.3, 0.4) is 0 Å². The highest BCUT2D eigenvalue weighted by Gasteiger charge is 2.23. The first-order valence-corrected chi connectivity index (χ1v) is 7.13. The summed E-state index contributed by atoms with van der Waals surface area (Å²) in [7, 11) is 0. The van der Waals surface area contributed by atoms with Gasteiger partial charge >= 0.3 is 0 Å². The van der Waals surface area contributed by atoms with Crippen LogP contribution in [0.15, 0.2) is 18.2 Å². The summed E-state index contributed by atoms with van der Waals surface area (Å²) in [5.74, 6) is -2.33. The van der Waals surface area contributed by atoms with Gasteiger partial charge in [-0.15, -0.1) is 10.2 Å². The number of hydrogen-bond donors (Lipinski definition) is 2. The SMILES string of the molecule is CC1COCCN1c1cc(-c2cc(F)cc(F)c2O)nnc1N. The fraction of sp³-hybridized carbons (Fsp3) is 0.333. The zero-order chi connectivity index (χ0) is 16.6. The van der Waals surface area contributed by atoms with E-state index in [1.54, 1.807) is 6.07 Å². The summed E-state index contributed by atoms with van der Waals surface area (Å²) in [6, 6.07) is 3.25. The number of benzene rings is 1. The second-order valence-electron chi connectivity index (χ2n) is 5.40. The van der Waals surface area contributed by atoms with Crippen molar-refractivity contribution < 1.29 is 18.6 Å². The van der Waals surface area contributed by atoms with Crippen LogP contribution < -0.4 is 10.6 Å². The molecular formula is C15H16F2N4O2. The summed E-state index contributed by atoms with van der Waals surface area (Å²) in [4.78, 5) is 1.99. The van der Waals surface area contributed by atoms with Crippen LogP contribution >= 0.6 is 0 Å². The van der Waals surface area contributed by atoms with Crippen molar-refractivity contribution in [3.05, 3.63) is 29.8 Å². The van der Waals surface area contributed by atoms with Gasteiger partial charge in [0.15, 0.2) is 17.4 Å². The van der Waals surface area contributed by atoms with Gasteiger partial charge in [-0.1, -0.05) is 0 Å². The Labute approximate surface area is 131 Å². The van der Waals surface area contributed by atoms with Crippen LogP contribution in [0.4, 0.5) is 20.3 Å². The number of nitrogens with two attached hydrogens (primary N) is 1. The number of aromatic nitrogens is 2. The van der Waals surface area contributed by atoms with Crippen molar-refractivity contribution in [3.8, 4) is 17.0 Å². The van der Waals surface area contributed by atoms with Crippen LogP contribution in [0.25, 0.3) is 11.3 Å². The number of hydrogen-bond acceptors (Lipinski definition) is 6. The van der Waals surface area contributed by atoms with Gasteiger partial charge in [-0.3, -0.25) is 0 Å². The van der Waals surface area contributed by atoms with Gasteiger partial charge in [0.05, 0.1) is 24.6 Å². The topological polar surface area (TPSA) is 84.5 Å². The van der Waals surface area contributed by atoms with Gasteiger partial charge in [0, 0.05) is 24.2 Å². The van der Waals surface area contributed by atoms with Gasteiger partial charge in [-0.2, -0.15) is 0 Å². The van der Waals surface area contributed by atoms with Crippen molar-refractivity contribution >= 4 is 11.5 Å². The van der Waals surface area contributed by atoms with Crippen LogP contribution in [-0.2, 0) is 4.74 Å². The number of nitrogen functional groups attached to an aromatic ring is 1. The third-order valence-corrected chi connectivity index (χ3v) is 3.78. The molecule has 0 amide bonds. The first-order chi connectivity index (χ1) is 11.0. The zero-order valence-corrected chi connectivity index (χ0v) is 12.5. The van der Waals surface area contributed by atoms with Crippen LogP contribution in [0.5, 0.6) is 5.75 Å². The largest absolute Gasteiger partial charge is 0.504 e. The average Bonchev–Trinajstić information content (AvgIpc) is 2.52. The molecule has 3 N–H and O–H groups in total. The molecule has 2 aromatic rings. The third-order valence-electron chi connectivity index (χ3n) is 3.78. The molecular weight excluding hydrogens is 306 g/mol. The number of aromatic hydroxyl groups is 1. The lowest BCUT2D eigenvalue weighted by atomic mass is 10.1. The van der Waals surface area contributed by atoms with E-state index >= 15 is 0 Å². The zero-order valence-electron chi connectivity index (χ0n) is 12.5. The molecule has 1 aliphatic heterocycles. The minimum Gasteiger partial charge on any atom is -0.504 e. The van der Waals surface area contributed by atoms with E-state index in [4.69, 9.17) is 10.5 Å². The van der Waals surface area contributed by atoms with E-state index in [1.807, 2.05) is 11.8 Å². The van der Waals surface area contributed by atoms with Crippen molar-refractivity contribution in [1.82, 2.24) is 10.2 Å². The number of nitrogens with zero attached hydrogens (tertiary/aromatic N) is 3. The van der Waals surface area contributed by atoms with Crippen LogP contribution in [-0.4, -0.2) is 41.1 Å². The molecule has 0 radical (unpaired) electrons. The number of ether oxygens (including phenoxy) is 1. The minimum absolute atomic E-state index is 0.0703. The van der Waals surface area contributed by atoms with E-state index < -0.39 is 17.4 Å². The number of anilines is 2. The van der Waals surface area contributed by atoms with Gasteiger partial charge in [-0.05, 0) is 19.1 Å². The summed E-state index contributed by atoms with van der Waals surface area (Å²) in [5.41, 5.74) is 6.55. The molecule has 3 rings (SSSR count). The van der Waals surface area contributed by atoms with E-state index in [-0.39, 0.29) is 23.1 Å². The first kappa shape index (κ1) is 15.4. The van der Waals surface area contributed by atoms with Gasteiger partial charge < -0.3 is 20.5 Å². The van der Waals surface area contributed by atoms with Crippen LogP contribution in [0, 0.1) is 11.6 Å². The van der Waals surface area contributed by atoms with E-state index in [0.29, 0.717) is 31.5 Å². The highest BCUT2D eigenvalue weighted by Crippen LogP contribution is 2.34. The molecule has 1 saturated heterocycles. The third kappa shape index (κ3) is 2.89. The Balaban J connectivity index is 2.07. The maximum absolute atomic E-state index is 13.5. The fourth-order valence-corrected chi connectivity index (χ4v) is 2.60. The highest BCUT2D eigenvalue weighted by atomic mass is 19.1. The average molecular weight is 322 g/mol. The monoisotopic (exact) mass is 322 g/mol. The van der Waals surface area contributed by atoms with Crippen molar-refractivity contribution in [3.63, 3.8) is 0 Å². The lowest BCUT2D eigenvalue weighted by Crippen LogP contribution is -2.44. The second kappa shape index (κ2) is 5.96. The van der Waals surface area contributed by atoms with Crippen molar-refractivity contribution in [2.24, 2.45) is 0 Å². The summed E-state index contributed by atoms with van der Waals surface area (Å²) in [6.45, 7) is 3.66. The van der Waals surface area contributed by atoms with Gasteiger partial charge in [0.2, 0.25) is 0 Å². The van der Waals surface area contributed by atoms with Gasteiger partial charge in [0.25, 0.3) is 0 Å². The minimum atomic E-state index is -1.06. The fourth-order valence-electron chi connectivity index (χ4n) is 2.60. The Bertz CT molecular complexity index is 742. The van der Waals surface area contributed by atoms with Crippen molar-refractivity contribution in [1.29, 1.82) is 0 Å². The summed E-state index contributed by atoms with van der Waals surface area (Å²) in [6.07, 6.45) is 0. The number of rotatable bonds is 2. The Morgan fingerprint density at radius 1 is 1.30 bits per heavy atom. The lowest BCUT2D eigenvalue weighted by molar-refractivity contribution is 0.0990. The van der Waals surface area contributed by atoms with Crippen molar-refractivity contribution in [2.75, 3.05) is 30.4 Å². The number of phenols is 1. The Morgan fingerprint density at radius 2 is 2.09 bits per heavy atom. The van der Waals surface area contributed by atoms with Crippen LogP contribution in [0.2, 0.25) is 0 Å². The molecule has 0 saturated carbocycles. The molecule has 1 aliphatic rings. The summed E-state index contributed by atoms with van der Waals surface area (Å²) >= 11 is 0. The molecule has 0 aliphatic carbocycles. The van der Waals surface area contributed by atoms with E-state index in [2.05, 4.69) is 10.2 Å². The normalized spacial score (nSPS) is 18.2. The molecule has 0 spiro atoms. The summed E-state index contributed by atoms with van der Waals surface area (Å²) < 4.78 is 32.4. The Hall–Kier alpha value is -2.48. The van der Waals surface area contributed by atoms with E-state index in [1.165, 1.54) is 0 Å². The Morgan fingerprint density at radius 3 is 2.83 bits per heavy atom. The molecule has 0 bridgehead atoms. The molecule has 2 heterocycles.